The Morgan fingerprint density at radius 1 is 1.58 bits per heavy atom. The Kier molecular flexibility index (Phi) is 4.58. The van der Waals surface area contributed by atoms with Crippen LogP contribution in [0.1, 0.15) is 12.8 Å². The molecule has 0 radical (unpaired) electrons. The molecule has 1 unspecified atom stereocenters. The van der Waals surface area contributed by atoms with E-state index in [1.54, 1.807) is 7.11 Å². The maximum atomic E-state index is 5.11. The quantitative estimate of drug-likeness (QED) is 0.669. The van der Waals surface area contributed by atoms with E-state index in [0.29, 0.717) is 0 Å². The van der Waals surface area contributed by atoms with E-state index in [2.05, 4.69) is 10.2 Å². The van der Waals surface area contributed by atoms with E-state index in [1.807, 2.05) is 7.05 Å². The molecule has 0 spiro atoms. The minimum Gasteiger partial charge on any atom is -0.369 e. The Labute approximate surface area is 75.1 Å². The van der Waals surface area contributed by atoms with Gasteiger partial charge < -0.3 is 10.1 Å². The Bertz CT molecular complexity index is 103. The van der Waals surface area contributed by atoms with E-state index in [-0.39, 0.29) is 0 Å². The highest BCUT2D eigenvalue weighted by molar-refractivity contribution is 4.72. The second-order valence-corrected chi connectivity index (χ2v) is 3.56. The van der Waals surface area contributed by atoms with Crippen LogP contribution in [0.2, 0.25) is 0 Å². The first-order valence-electron chi connectivity index (χ1n) is 4.72. The van der Waals surface area contributed by atoms with Gasteiger partial charge in [0.2, 0.25) is 0 Å². The van der Waals surface area contributed by atoms with Gasteiger partial charge in [-0.3, -0.25) is 4.90 Å². The molecule has 0 amide bonds. The van der Waals surface area contributed by atoms with Crippen molar-refractivity contribution < 1.29 is 4.74 Å². The van der Waals surface area contributed by atoms with Crippen LogP contribution in [0.3, 0.4) is 0 Å². The number of nitrogens with zero attached hydrogens (tertiary/aromatic N) is 1. The number of piperidine rings is 1. The van der Waals surface area contributed by atoms with Gasteiger partial charge in [-0.1, -0.05) is 0 Å². The predicted molar refractivity (Wildman–Crippen MR) is 50.1 cm³/mol. The molecule has 3 heteroatoms. The van der Waals surface area contributed by atoms with Crippen molar-refractivity contribution in [3.05, 3.63) is 0 Å². The lowest BCUT2D eigenvalue weighted by atomic mass is 9.98. The van der Waals surface area contributed by atoms with Gasteiger partial charge in [0.05, 0.1) is 6.73 Å². The number of likely N-dealkylation sites (tertiary alicyclic amines) is 1. The van der Waals surface area contributed by atoms with Gasteiger partial charge in [-0.2, -0.15) is 0 Å². The molecule has 0 aromatic rings. The first-order chi connectivity index (χ1) is 5.86. The Morgan fingerprint density at radius 3 is 3.08 bits per heavy atom. The van der Waals surface area contributed by atoms with Gasteiger partial charge in [-0.25, -0.2) is 0 Å². The highest BCUT2D eigenvalue weighted by Crippen LogP contribution is 2.14. The summed E-state index contributed by atoms with van der Waals surface area (Å²) in [6.07, 6.45) is 2.68. The molecule has 1 saturated heterocycles. The number of hydrogen-bond acceptors (Lipinski definition) is 3. The Balaban J connectivity index is 2.20. The fourth-order valence-corrected chi connectivity index (χ4v) is 1.91. The van der Waals surface area contributed by atoms with Crippen molar-refractivity contribution in [1.29, 1.82) is 0 Å². The lowest BCUT2D eigenvalue weighted by molar-refractivity contribution is 0.0345. The van der Waals surface area contributed by atoms with Gasteiger partial charge in [0.25, 0.3) is 0 Å². The van der Waals surface area contributed by atoms with E-state index in [9.17, 15) is 0 Å². The first kappa shape index (κ1) is 9.96. The molecular weight excluding hydrogens is 152 g/mol. The summed E-state index contributed by atoms with van der Waals surface area (Å²) in [7, 11) is 3.79. The smallest absolute Gasteiger partial charge is 0.0986 e. The maximum Gasteiger partial charge on any atom is 0.0986 e. The fraction of sp³-hybridized carbons (Fsp3) is 1.00. The molecule has 72 valence electrons. The van der Waals surface area contributed by atoms with Crippen LogP contribution in [0, 0.1) is 5.92 Å². The Morgan fingerprint density at radius 2 is 2.42 bits per heavy atom. The molecule has 1 fully saturated rings. The van der Waals surface area contributed by atoms with E-state index < -0.39 is 0 Å². The normalized spacial score (nSPS) is 26.0. The molecule has 0 bridgehead atoms. The molecule has 0 aliphatic carbocycles. The van der Waals surface area contributed by atoms with Crippen LogP contribution in [0.5, 0.6) is 0 Å². The summed E-state index contributed by atoms with van der Waals surface area (Å²) in [5.41, 5.74) is 0. The number of ether oxygens (including phenoxy) is 1. The molecule has 1 N–H and O–H groups in total. The molecular formula is C9H20N2O. The largest absolute Gasteiger partial charge is 0.369 e. The second kappa shape index (κ2) is 5.51. The first-order valence-corrected chi connectivity index (χ1v) is 4.72. The molecule has 0 aromatic carbocycles. The molecule has 0 saturated carbocycles. The van der Waals surface area contributed by atoms with Crippen LogP contribution in [0.15, 0.2) is 0 Å². The van der Waals surface area contributed by atoms with Crippen molar-refractivity contribution in [3.8, 4) is 0 Å². The van der Waals surface area contributed by atoms with Crippen LogP contribution in [0.4, 0.5) is 0 Å². The minimum atomic E-state index is 0.792. The number of methoxy groups -OCH3 is 1. The van der Waals surface area contributed by atoms with E-state index >= 15 is 0 Å². The average molecular weight is 172 g/mol. The van der Waals surface area contributed by atoms with Gasteiger partial charge in [0.1, 0.15) is 0 Å². The summed E-state index contributed by atoms with van der Waals surface area (Å²) >= 11 is 0. The number of hydrogen-bond donors (Lipinski definition) is 1. The van der Waals surface area contributed by atoms with Crippen molar-refractivity contribution in [3.63, 3.8) is 0 Å². The molecule has 3 nitrogen and oxygen atoms in total. The van der Waals surface area contributed by atoms with Crippen LogP contribution < -0.4 is 5.32 Å². The lowest BCUT2D eigenvalue weighted by Gasteiger charge is -2.31. The molecule has 1 aliphatic heterocycles. The zero-order chi connectivity index (χ0) is 8.81. The average Bonchev–Trinajstić information content (AvgIpc) is 2.06. The summed E-state index contributed by atoms with van der Waals surface area (Å²) in [5.74, 6) is 0.818. The van der Waals surface area contributed by atoms with Crippen LogP contribution >= 0.6 is 0 Å². The van der Waals surface area contributed by atoms with Gasteiger partial charge in [0, 0.05) is 20.2 Å². The Hall–Kier alpha value is -0.120. The molecule has 1 heterocycles. The zero-order valence-corrected chi connectivity index (χ0v) is 8.18. The summed E-state index contributed by atoms with van der Waals surface area (Å²) < 4.78 is 5.11. The van der Waals surface area contributed by atoms with Crippen molar-refractivity contribution in [2.75, 3.05) is 40.5 Å². The van der Waals surface area contributed by atoms with Crippen molar-refractivity contribution >= 4 is 0 Å². The standard InChI is InChI=1S/C9H20N2O/c1-10-6-9-4-3-5-11(7-9)8-12-2/h9-10H,3-8H2,1-2H3. The van der Waals surface area contributed by atoms with Gasteiger partial charge in [-0.15, -0.1) is 0 Å². The monoisotopic (exact) mass is 172 g/mol. The highest BCUT2D eigenvalue weighted by Gasteiger charge is 2.18. The highest BCUT2D eigenvalue weighted by atomic mass is 16.5. The molecule has 0 aromatic heterocycles. The minimum absolute atomic E-state index is 0.792. The molecule has 1 rings (SSSR count). The molecule has 1 aliphatic rings. The third-order valence-electron chi connectivity index (χ3n) is 2.41. The number of nitrogens with one attached hydrogen (secondary N) is 1. The van der Waals surface area contributed by atoms with Crippen molar-refractivity contribution in [2.45, 2.75) is 12.8 Å². The summed E-state index contributed by atoms with van der Waals surface area (Å²) in [4.78, 5) is 2.38. The van der Waals surface area contributed by atoms with Gasteiger partial charge >= 0.3 is 0 Å². The summed E-state index contributed by atoms with van der Waals surface area (Å²) in [6, 6.07) is 0. The van der Waals surface area contributed by atoms with E-state index in [0.717, 1.165) is 19.2 Å². The topological polar surface area (TPSA) is 24.5 Å². The van der Waals surface area contributed by atoms with Crippen LogP contribution in [-0.2, 0) is 4.74 Å². The van der Waals surface area contributed by atoms with E-state index in [4.69, 9.17) is 4.74 Å². The van der Waals surface area contributed by atoms with Crippen molar-refractivity contribution in [2.24, 2.45) is 5.92 Å². The summed E-state index contributed by atoms with van der Waals surface area (Å²) in [5, 5.41) is 3.23. The van der Waals surface area contributed by atoms with Crippen molar-refractivity contribution in [1.82, 2.24) is 10.2 Å². The molecule has 1 atom stereocenters. The third kappa shape index (κ3) is 3.09. The van der Waals surface area contributed by atoms with Crippen LogP contribution in [-0.4, -0.2) is 45.4 Å². The van der Waals surface area contributed by atoms with E-state index in [1.165, 1.54) is 25.9 Å². The second-order valence-electron chi connectivity index (χ2n) is 3.56. The zero-order valence-electron chi connectivity index (χ0n) is 8.18. The fourth-order valence-electron chi connectivity index (χ4n) is 1.91. The number of rotatable bonds is 4. The van der Waals surface area contributed by atoms with Crippen LogP contribution in [0.25, 0.3) is 0 Å². The third-order valence-corrected chi connectivity index (χ3v) is 2.41. The molecule has 12 heavy (non-hydrogen) atoms. The predicted octanol–water partition coefficient (Wildman–Crippen LogP) is 0.522. The maximum absolute atomic E-state index is 5.11. The lowest BCUT2D eigenvalue weighted by Crippen LogP contribution is -2.39. The SMILES string of the molecule is CNCC1CCCN(COC)C1. The summed E-state index contributed by atoms with van der Waals surface area (Å²) in [6.45, 7) is 4.32. The van der Waals surface area contributed by atoms with Gasteiger partial charge in [-0.05, 0) is 32.4 Å². The van der Waals surface area contributed by atoms with Gasteiger partial charge in [0.15, 0.2) is 0 Å².